The molecule has 0 spiro atoms. The molecule has 21 heavy (non-hydrogen) atoms. The quantitative estimate of drug-likeness (QED) is 0.773. The Labute approximate surface area is 120 Å². The van der Waals surface area contributed by atoms with E-state index in [1.165, 1.54) is 16.9 Å². The summed E-state index contributed by atoms with van der Waals surface area (Å²) in [7, 11) is 0. The zero-order chi connectivity index (χ0) is 14.8. The average molecular weight is 280 g/mol. The number of carboxylic acids is 1. The molecule has 0 bridgehead atoms. The van der Waals surface area contributed by atoms with Crippen LogP contribution in [0.2, 0.25) is 0 Å². The van der Waals surface area contributed by atoms with E-state index in [4.69, 9.17) is 0 Å². The Morgan fingerprint density at radius 2 is 1.67 bits per heavy atom. The fraction of sp³-hybridized carbons (Fsp3) is 0. The Balaban J connectivity index is 2.28. The van der Waals surface area contributed by atoms with Crippen LogP contribution in [-0.4, -0.2) is 26.0 Å². The lowest BCUT2D eigenvalue weighted by Gasteiger charge is -2.10. The third-order valence-electron chi connectivity index (χ3n) is 3.16. The summed E-state index contributed by atoms with van der Waals surface area (Å²) in [5.74, 6) is -1.02. The normalized spacial score (nSPS) is 10.5. The Hall–Kier alpha value is -3.08. The number of phenolic OH excluding ortho intramolecular Hbond substituents is 1. The molecule has 0 atom stereocenters. The first-order chi connectivity index (χ1) is 10.2. The van der Waals surface area contributed by atoms with Crippen LogP contribution < -0.4 is 0 Å². The van der Waals surface area contributed by atoms with Crippen molar-refractivity contribution in [3.8, 4) is 22.7 Å². The first-order valence-corrected chi connectivity index (χ1v) is 6.33. The molecule has 0 aliphatic heterocycles. The summed E-state index contributed by atoms with van der Waals surface area (Å²) >= 11 is 0. The van der Waals surface area contributed by atoms with E-state index in [1.807, 2.05) is 18.2 Å². The lowest BCUT2D eigenvalue weighted by molar-refractivity contribution is 0.0697. The molecule has 0 unspecified atom stereocenters. The van der Waals surface area contributed by atoms with Crippen LogP contribution in [0.25, 0.3) is 16.9 Å². The van der Waals surface area contributed by atoms with E-state index in [2.05, 4.69) is 5.10 Å². The van der Waals surface area contributed by atoms with Gasteiger partial charge in [0.15, 0.2) is 0 Å². The van der Waals surface area contributed by atoms with Crippen molar-refractivity contribution in [2.24, 2.45) is 0 Å². The fourth-order valence-corrected chi connectivity index (χ4v) is 2.20. The minimum absolute atomic E-state index is 0.0368. The van der Waals surface area contributed by atoms with Gasteiger partial charge in [-0.2, -0.15) is 5.10 Å². The molecular formula is C16H12N2O3. The number of benzene rings is 2. The highest BCUT2D eigenvalue weighted by atomic mass is 16.4. The molecule has 0 radical (unpaired) electrons. The molecule has 0 saturated heterocycles. The van der Waals surface area contributed by atoms with Gasteiger partial charge in [0, 0.05) is 5.56 Å². The highest BCUT2D eigenvalue weighted by molar-refractivity contribution is 5.95. The van der Waals surface area contributed by atoms with Gasteiger partial charge in [-0.15, -0.1) is 0 Å². The molecule has 0 aliphatic rings. The summed E-state index contributed by atoms with van der Waals surface area (Å²) in [6, 6.07) is 15.8. The minimum atomic E-state index is -1.06. The number of rotatable bonds is 3. The van der Waals surface area contributed by atoms with Gasteiger partial charge in [0.25, 0.3) is 0 Å². The predicted molar refractivity (Wildman–Crippen MR) is 77.6 cm³/mol. The van der Waals surface area contributed by atoms with Crippen LogP contribution in [0.4, 0.5) is 0 Å². The van der Waals surface area contributed by atoms with E-state index >= 15 is 0 Å². The number of carboxylic acid groups (broad SMARTS) is 1. The average Bonchev–Trinajstić information content (AvgIpc) is 2.93. The van der Waals surface area contributed by atoms with E-state index < -0.39 is 5.97 Å². The summed E-state index contributed by atoms with van der Waals surface area (Å²) in [4.78, 5) is 11.4. The van der Waals surface area contributed by atoms with Gasteiger partial charge in [-0.3, -0.25) is 0 Å². The molecule has 2 aromatic carbocycles. The van der Waals surface area contributed by atoms with Gasteiger partial charge in [0.2, 0.25) is 0 Å². The van der Waals surface area contributed by atoms with E-state index in [1.54, 1.807) is 30.3 Å². The summed E-state index contributed by atoms with van der Waals surface area (Å²) in [6.45, 7) is 0. The smallest absolute Gasteiger partial charge is 0.339 e. The summed E-state index contributed by atoms with van der Waals surface area (Å²) in [6.07, 6.45) is 1.29. The van der Waals surface area contributed by atoms with Crippen molar-refractivity contribution in [3.63, 3.8) is 0 Å². The molecule has 5 nitrogen and oxygen atoms in total. The number of aromatic carboxylic acids is 1. The highest BCUT2D eigenvalue weighted by Crippen LogP contribution is 2.30. The van der Waals surface area contributed by atoms with Crippen molar-refractivity contribution in [1.82, 2.24) is 9.78 Å². The maximum absolute atomic E-state index is 11.4. The Bertz CT molecular complexity index is 794. The molecule has 1 aromatic heterocycles. The van der Waals surface area contributed by atoms with Gasteiger partial charge in [0.05, 0.1) is 11.9 Å². The molecule has 3 aromatic rings. The molecule has 0 amide bonds. The Morgan fingerprint density at radius 1 is 1.00 bits per heavy atom. The van der Waals surface area contributed by atoms with E-state index in [-0.39, 0.29) is 11.3 Å². The lowest BCUT2D eigenvalue weighted by atomic mass is 10.1. The van der Waals surface area contributed by atoms with Crippen molar-refractivity contribution in [2.45, 2.75) is 0 Å². The van der Waals surface area contributed by atoms with Crippen LogP contribution in [0.5, 0.6) is 5.75 Å². The van der Waals surface area contributed by atoms with Crippen LogP contribution in [0.15, 0.2) is 60.8 Å². The maximum Gasteiger partial charge on any atom is 0.339 e. The number of aromatic hydroxyl groups is 1. The monoisotopic (exact) mass is 280 g/mol. The second kappa shape index (κ2) is 5.13. The van der Waals surface area contributed by atoms with Gasteiger partial charge in [-0.1, -0.05) is 42.5 Å². The molecule has 0 aliphatic carbocycles. The van der Waals surface area contributed by atoms with Crippen molar-refractivity contribution in [3.05, 3.63) is 66.4 Å². The fourth-order valence-electron chi connectivity index (χ4n) is 2.20. The highest BCUT2D eigenvalue weighted by Gasteiger charge is 2.20. The van der Waals surface area contributed by atoms with Crippen molar-refractivity contribution in [1.29, 1.82) is 0 Å². The molecule has 5 heteroatoms. The van der Waals surface area contributed by atoms with Crippen LogP contribution in [0.3, 0.4) is 0 Å². The number of carbonyl (C=O) groups is 1. The summed E-state index contributed by atoms with van der Waals surface area (Å²) in [5.41, 5.74) is 1.67. The maximum atomic E-state index is 11.4. The minimum Gasteiger partial charge on any atom is -0.506 e. The van der Waals surface area contributed by atoms with Crippen LogP contribution in [-0.2, 0) is 0 Å². The number of hydrogen-bond donors (Lipinski definition) is 2. The van der Waals surface area contributed by atoms with Gasteiger partial charge < -0.3 is 10.2 Å². The van der Waals surface area contributed by atoms with E-state index in [0.29, 0.717) is 11.4 Å². The molecule has 2 N–H and O–H groups in total. The summed E-state index contributed by atoms with van der Waals surface area (Å²) < 4.78 is 1.44. The predicted octanol–water partition coefficient (Wildman–Crippen LogP) is 2.94. The topological polar surface area (TPSA) is 75.3 Å². The third-order valence-corrected chi connectivity index (χ3v) is 3.16. The zero-order valence-corrected chi connectivity index (χ0v) is 11.0. The number of phenols is 1. The SMILES string of the molecule is O=C(O)c1cnn(-c2ccccc2O)c1-c1ccccc1. The number of aromatic nitrogens is 2. The third kappa shape index (κ3) is 2.25. The number of hydrogen-bond acceptors (Lipinski definition) is 3. The lowest BCUT2D eigenvalue weighted by Crippen LogP contribution is -2.03. The van der Waals surface area contributed by atoms with Crippen molar-refractivity contribution < 1.29 is 15.0 Å². The molecule has 0 fully saturated rings. The molecule has 3 rings (SSSR count). The van der Waals surface area contributed by atoms with Crippen LogP contribution in [0.1, 0.15) is 10.4 Å². The first-order valence-electron chi connectivity index (χ1n) is 6.33. The van der Waals surface area contributed by atoms with E-state index in [0.717, 1.165) is 5.56 Å². The number of nitrogens with zero attached hydrogens (tertiary/aromatic N) is 2. The molecular weight excluding hydrogens is 268 g/mol. The van der Waals surface area contributed by atoms with Gasteiger partial charge in [-0.25, -0.2) is 9.48 Å². The molecule has 0 saturated carbocycles. The van der Waals surface area contributed by atoms with Gasteiger partial charge in [0.1, 0.15) is 17.0 Å². The standard InChI is InChI=1S/C16H12N2O3/c19-14-9-5-4-8-13(14)18-15(11-6-2-1-3-7-11)12(10-17-18)16(20)21/h1-10,19H,(H,20,21). The van der Waals surface area contributed by atoms with E-state index in [9.17, 15) is 15.0 Å². The largest absolute Gasteiger partial charge is 0.506 e. The zero-order valence-electron chi connectivity index (χ0n) is 11.0. The van der Waals surface area contributed by atoms with Gasteiger partial charge in [-0.05, 0) is 12.1 Å². The molecule has 104 valence electrons. The van der Waals surface area contributed by atoms with Crippen molar-refractivity contribution >= 4 is 5.97 Å². The van der Waals surface area contributed by atoms with Crippen LogP contribution >= 0.6 is 0 Å². The Morgan fingerprint density at radius 3 is 2.33 bits per heavy atom. The second-order valence-electron chi connectivity index (χ2n) is 4.48. The number of para-hydroxylation sites is 2. The van der Waals surface area contributed by atoms with Crippen molar-refractivity contribution in [2.75, 3.05) is 0 Å². The molecule has 1 heterocycles. The van der Waals surface area contributed by atoms with Crippen LogP contribution in [0, 0.1) is 0 Å². The summed E-state index contributed by atoms with van der Waals surface area (Å²) in [5, 5.41) is 23.4. The Kier molecular flexibility index (Phi) is 3.16. The second-order valence-corrected chi connectivity index (χ2v) is 4.48. The van der Waals surface area contributed by atoms with Gasteiger partial charge >= 0.3 is 5.97 Å². The first kappa shape index (κ1) is 12.9.